The van der Waals surface area contributed by atoms with Gasteiger partial charge in [-0.25, -0.2) is 14.0 Å². The molecule has 1 atom stereocenters. The highest BCUT2D eigenvalue weighted by Crippen LogP contribution is 2.10. The normalized spacial score (nSPS) is 13.0. The smallest absolute Gasteiger partial charge is 0.441 e. The van der Waals surface area contributed by atoms with Gasteiger partial charge in [0, 0.05) is 0 Å². The van der Waals surface area contributed by atoms with Crippen LogP contribution in [-0.2, 0) is 16.1 Å². The number of aromatic amines is 1. The summed E-state index contributed by atoms with van der Waals surface area (Å²) in [5, 5.41) is 20.9. The lowest BCUT2D eigenvalue weighted by Crippen LogP contribution is -2.45. The second kappa shape index (κ2) is 9.76. The molecule has 2 heterocycles. The van der Waals surface area contributed by atoms with Gasteiger partial charge in [-0.1, -0.05) is 16.3 Å². The van der Waals surface area contributed by atoms with E-state index in [-0.39, 0.29) is 31.2 Å². The Bertz CT molecular complexity index is 944. The van der Waals surface area contributed by atoms with Gasteiger partial charge in [0.1, 0.15) is 17.5 Å². The second-order valence-corrected chi connectivity index (χ2v) is 7.23. The van der Waals surface area contributed by atoms with Crippen molar-refractivity contribution in [3.63, 3.8) is 0 Å². The lowest BCUT2D eigenvalue weighted by Gasteiger charge is -2.22. The number of carbonyl (C=O) groups excluding carboxylic acids is 2. The summed E-state index contributed by atoms with van der Waals surface area (Å²) < 4.78 is 24.8. The number of allylic oxidation sites excluding steroid dienone is 2. The molecule has 0 saturated carbocycles. The standard InChI is InChI=1S/C16H23FN8O5/c1-9-22-30-15(28)25(9)8-10(17)6-5-7-11(18-14(27)29-16(2,3)4)12(26)19-13-20-23-24-21-13/h6,11H,5,7-8H2,1-4H3,(H,18,27)(H2,19,20,21,23,24,26)/b10-6-. The van der Waals surface area contributed by atoms with Crippen LogP contribution in [-0.4, -0.2) is 54.0 Å². The largest absolute Gasteiger partial charge is 0.444 e. The van der Waals surface area contributed by atoms with E-state index in [1.54, 1.807) is 20.8 Å². The van der Waals surface area contributed by atoms with Gasteiger partial charge in [-0.05, 0) is 45.7 Å². The third kappa shape index (κ3) is 7.10. The molecule has 30 heavy (non-hydrogen) atoms. The fourth-order valence-electron chi connectivity index (χ4n) is 2.27. The summed E-state index contributed by atoms with van der Waals surface area (Å²) in [5.74, 6) is -1.90. The predicted molar refractivity (Wildman–Crippen MR) is 99.9 cm³/mol. The molecule has 2 aromatic rings. The van der Waals surface area contributed by atoms with E-state index in [1.807, 2.05) is 0 Å². The van der Waals surface area contributed by atoms with Crippen molar-refractivity contribution in [2.24, 2.45) is 0 Å². The number of nitrogens with zero attached hydrogens (tertiary/aromatic N) is 5. The quantitative estimate of drug-likeness (QED) is 0.553. The summed E-state index contributed by atoms with van der Waals surface area (Å²) in [6.45, 7) is 6.17. The first-order chi connectivity index (χ1) is 14.0. The van der Waals surface area contributed by atoms with Gasteiger partial charge in [0.05, 0.1) is 6.54 Å². The van der Waals surface area contributed by atoms with Crippen LogP contribution in [0.2, 0.25) is 0 Å². The Kier molecular flexibility index (Phi) is 7.38. The second-order valence-electron chi connectivity index (χ2n) is 7.23. The Morgan fingerprint density at radius 3 is 2.70 bits per heavy atom. The summed E-state index contributed by atoms with van der Waals surface area (Å²) in [4.78, 5) is 35.9. The maximum absolute atomic E-state index is 14.2. The van der Waals surface area contributed by atoms with Crippen LogP contribution in [0.15, 0.2) is 21.2 Å². The highest BCUT2D eigenvalue weighted by molar-refractivity contribution is 5.95. The number of aromatic nitrogens is 6. The number of hydrogen-bond acceptors (Lipinski definition) is 9. The Morgan fingerprint density at radius 2 is 2.13 bits per heavy atom. The monoisotopic (exact) mass is 426 g/mol. The zero-order valence-electron chi connectivity index (χ0n) is 16.9. The number of carbonyl (C=O) groups is 2. The van der Waals surface area contributed by atoms with Crippen molar-refractivity contribution in [2.75, 3.05) is 5.32 Å². The molecule has 0 aliphatic carbocycles. The fraction of sp³-hybridized carbons (Fsp3) is 0.562. The van der Waals surface area contributed by atoms with Crippen molar-refractivity contribution in [3.05, 3.63) is 28.3 Å². The van der Waals surface area contributed by atoms with E-state index in [1.165, 1.54) is 13.0 Å². The van der Waals surface area contributed by atoms with E-state index in [2.05, 4.69) is 40.9 Å². The summed E-state index contributed by atoms with van der Waals surface area (Å²) in [6, 6.07) is -1.07. The zero-order chi connectivity index (χ0) is 22.3. The molecule has 0 fully saturated rings. The highest BCUT2D eigenvalue weighted by atomic mass is 19.1. The van der Waals surface area contributed by atoms with Crippen LogP contribution < -0.4 is 16.4 Å². The Morgan fingerprint density at radius 1 is 1.40 bits per heavy atom. The lowest BCUT2D eigenvalue weighted by atomic mass is 10.1. The summed E-state index contributed by atoms with van der Waals surface area (Å²) in [7, 11) is 0. The molecule has 0 spiro atoms. The first kappa shape index (κ1) is 22.7. The van der Waals surface area contributed by atoms with E-state index >= 15 is 0 Å². The minimum Gasteiger partial charge on any atom is -0.444 e. The minimum atomic E-state index is -1.07. The number of amides is 2. The number of aryl methyl sites for hydroxylation is 1. The average Bonchev–Trinajstić information content (AvgIpc) is 3.24. The molecule has 13 nitrogen and oxygen atoms in total. The van der Waals surface area contributed by atoms with Crippen LogP contribution in [0, 0.1) is 6.92 Å². The van der Waals surface area contributed by atoms with Gasteiger partial charge in [-0.15, -0.1) is 5.10 Å². The van der Waals surface area contributed by atoms with Crippen LogP contribution in [0.3, 0.4) is 0 Å². The molecule has 0 radical (unpaired) electrons. The van der Waals surface area contributed by atoms with E-state index in [0.29, 0.717) is 0 Å². The number of nitrogens with one attached hydrogen (secondary N) is 3. The third-order valence-corrected chi connectivity index (χ3v) is 3.58. The molecule has 164 valence electrons. The van der Waals surface area contributed by atoms with E-state index < -0.39 is 35.2 Å². The maximum atomic E-state index is 14.2. The molecule has 0 aliphatic rings. The van der Waals surface area contributed by atoms with Crippen LogP contribution in [0.5, 0.6) is 0 Å². The lowest BCUT2D eigenvalue weighted by molar-refractivity contribution is -0.118. The SMILES string of the molecule is Cc1noc(=O)n1C/C(F)=C/CCC(NC(=O)OC(C)(C)C)C(=O)Nc1nn[nH]n1. The van der Waals surface area contributed by atoms with Crippen molar-refractivity contribution in [2.45, 2.75) is 58.7 Å². The molecule has 2 rings (SSSR count). The molecular formula is C16H23FN8O5. The molecule has 3 N–H and O–H groups in total. The van der Waals surface area contributed by atoms with Crippen LogP contribution >= 0.6 is 0 Å². The van der Waals surface area contributed by atoms with E-state index in [0.717, 1.165) is 4.57 Å². The number of tetrazole rings is 1. The zero-order valence-corrected chi connectivity index (χ0v) is 16.9. The third-order valence-electron chi connectivity index (χ3n) is 3.58. The van der Waals surface area contributed by atoms with Crippen molar-refractivity contribution in [3.8, 4) is 0 Å². The number of halogens is 1. The number of H-pyrrole nitrogens is 1. The molecule has 1 unspecified atom stereocenters. The van der Waals surface area contributed by atoms with Gasteiger partial charge in [0.25, 0.3) is 5.95 Å². The van der Waals surface area contributed by atoms with Crippen molar-refractivity contribution >= 4 is 17.9 Å². The molecule has 2 amide bonds. The van der Waals surface area contributed by atoms with Crippen molar-refractivity contribution in [1.29, 1.82) is 0 Å². The Hall–Kier alpha value is -3.58. The predicted octanol–water partition coefficient (Wildman–Crippen LogP) is 0.823. The van der Waals surface area contributed by atoms with Crippen LogP contribution in [0.1, 0.15) is 39.4 Å². The van der Waals surface area contributed by atoms with Gasteiger partial charge >= 0.3 is 11.8 Å². The van der Waals surface area contributed by atoms with Gasteiger partial charge < -0.3 is 10.1 Å². The Balaban J connectivity index is 2.01. The minimum absolute atomic E-state index is 0.0356. The topological polar surface area (TPSA) is 170 Å². The average molecular weight is 426 g/mol. The van der Waals surface area contributed by atoms with Gasteiger partial charge in [-0.2, -0.15) is 5.21 Å². The number of anilines is 1. The molecular weight excluding hydrogens is 403 g/mol. The summed E-state index contributed by atoms with van der Waals surface area (Å²) in [6.07, 6.45) is 0.496. The Labute approximate surface area is 170 Å². The summed E-state index contributed by atoms with van der Waals surface area (Å²) >= 11 is 0. The molecule has 14 heteroatoms. The fourth-order valence-corrected chi connectivity index (χ4v) is 2.27. The first-order valence-electron chi connectivity index (χ1n) is 8.96. The maximum Gasteiger partial charge on any atom is 0.441 e. The number of ether oxygens (including phenoxy) is 1. The highest BCUT2D eigenvalue weighted by Gasteiger charge is 2.25. The molecule has 0 aliphatic heterocycles. The van der Waals surface area contributed by atoms with Gasteiger partial charge in [0.2, 0.25) is 5.91 Å². The molecule has 0 saturated heterocycles. The van der Waals surface area contributed by atoms with Crippen molar-refractivity contribution < 1.29 is 23.2 Å². The van der Waals surface area contributed by atoms with Gasteiger partial charge in [-0.3, -0.25) is 19.2 Å². The van der Waals surface area contributed by atoms with E-state index in [9.17, 15) is 18.8 Å². The number of rotatable bonds is 8. The first-order valence-corrected chi connectivity index (χ1v) is 8.96. The van der Waals surface area contributed by atoms with Crippen LogP contribution in [0.25, 0.3) is 0 Å². The number of alkyl carbamates (subject to hydrolysis) is 1. The summed E-state index contributed by atoms with van der Waals surface area (Å²) in [5.41, 5.74) is -0.769. The molecule has 2 aromatic heterocycles. The van der Waals surface area contributed by atoms with E-state index in [4.69, 9.17) is 4.74 Å². The van der Waals surface area contributed by atoms with Gasteiger partial charge in [0.15, 0.2) is 5.82 Å². The number of hydrogen-bond donors (Lipinski definition) is 3. The van der Waals surface area contributed by atoms with Crippen molar-refractivity contribution in [1.82, 2.24) is 35.7 Å². The van der Waals surface area contributed by atoms with Crippen LogP contribution in [0.4, 0.5) is 15.1 Å². The molecule has 0 aromatic carbocycles. The molecule has 0 bridgehead atoms.